The third kappa shape index (κ3) is 0.558. The van der Waals surface area contributed by atoms with Crippen LogP contribution in [0.15, 0.2) is 0 Å². The van der Waals surface area contributed by atoms with E-state index in [1.807, 2.05) is 0 Å². The number of fused-ring (bicyclic) bond motifs is 7. The van der Waals surface area contributed by atoms with Crippen LogP contribution in [0, 0.1) is 46.8 Å². The second-order valence-electron chi connectivity index (χ2n) is 7.04. The van der Waals surface area contributed by atoms with E-state index in [4.69, 9.17) is 0 Å². The lowest BCUT2D eigenvalue weighted by Gasteiger charge is -2.81. The van der Waals surface area contributed by atoms with Crippen LogP contribution in [-0.4, -0.2) is 0 Å². The van der Waals surface area contributed by atoms with Gasteiger partial charge in [-0.3, -0.25) is 0 Å². The number of hydrogen-bond donors (Lipinski definition) is 0. The Morgan fingerprint density at radius 3 is 2.29 bits per heavy atom. The molecule has 0 saturated heterocycles. The minimum atomic E-state index is 0.822. The lowest BCUT2D eigenvalue weighted by molar-refractivity contribution is -0.338. The van der Waals surface area contributed by atoms with Crippen molar-refractivity contribution in [3.8, 4) is 0 Å². The van der Waals surface area contributed by atoms with Gasteiger partial charge in [0.25, 0.3) is 0 Å². The summed E-state index contributed by atoms with van der Waals surface area (Å²) in [6.45, 7) is 7.65. The Labute approximate surface area is 87.5 Å². The predicted molar refractivity (Wildman–Crippen MR) is 57.7 cm³/mol. The fraction of sp³-hybridized carbons (Fsp3) is 1.00. The zero-order valence-corrected chi connectivity index (χ0v) is 9.66. The largest absolute Gasteiger partial charge is 0.0622 e. The van der Waals surface area contributed by atoms with Gasteiger partial charge in [0.1, 0.15) is 0 Å². The van der Waals surface area contributed by atoms with Gasteiger partial charge < -0.3 is 0 Å². The second-order valence-corrected chi connectivity index (χ2v) is 7.04. The molecule has 0 bridgehead atoms. The van der Waals surface area contributed by atoms with Crippen LogP contribution in [0.2, 0.25) is 0 Å². The van der Waals surface area contributed by atoms with Gasteiger partial charge in [-0.25, -0.2) is 0 Å². The van der Waals surface area contributed by atoms with Crippen LogP contribution < -0.4 is 0 Å². The molecule has 4 saturated carbocycles. The van der Waals surface area contributed by atoms with Crippen molar-refractivity contribution in [3.05, 3.63) is 0 Å². The maximum Gasteiger partial charge on any atom is -0.0225 e. The molecule has 0 heteroatoms. The molecule has 0 spiro atoms. The Kier molecular flexibility index (Phi) is 1.22. The highest BCUT2D eigenvalue weighted by Gasteiger charge is 2.78. The Hall–Kier alpha value is 0. The van der Waals surface area contributed by atoms with Crippen molar-refractivity contribution >= 4 is 0 Å². The van der Waals surface area contributed by atoms with Gasteiger partial charge in [0.05, 0.1) is 0 Å². The summed E-state index contributed by atoms with van der Waals surface area (Å²) in [5.74, 6) is 7.93. The van der Waals surface area contributed by atoms with Gasteiger partial charge in [0.15, 0.2) is 0 Å². The molecule has 0 amide bonds. The molecule has 78 valence electrons. The Morgan fingerprint density at radius 1 is 0.857 bits per heavy atom. The molecule has 4 aliphatic carbocycles. The first-order valence-corrected chi connectivity index (χ1v) is 6.65. The number of rotatable bonds is 0. The third-order valence-corrected chi connectivity index (χ3v) is 6.83. The minimum Gasteiger partial charge on any atom is -0.0622 e. The van der Waals surface area contributed by atoms with Crippen molar-refractivity contribution in [2.75, 3.05) is 0 Å². The van der Waals surface area contributed by atoms with E-state index in [1.165, 1.54) is 24.2 Å². The first-order valence-electron chi connectivity index (χ1n) is 6.65. The highest BCUT2D eigenvalue weighted by Crippen LogP contribution is 2.83. The highest BCUT2D eigenvalue weighted by atomic mass is 14.8. The lowest BCUT2D eigenvalue weighted by atomic mass is 9.23. The van der Waals surface area contributed by atoms with E-state index < -0.39 is 0 Å². The summed E-state index contributed by atoms with van der Waals surface area (Å²) in [5.41, 5.74) is 0.822. The van der Waals surface area contributed by atoms with Crippen LogP contribution in [0.25, 0.3) is 0 Å². The molecule has 0 aliphatic heterocycles. The monoisotopic (exact) mass is 190 g/mol. The van der Waals surface area contributed by atoms with Crippen LogP contribution in [0.5, 0.6) is 0 Å². The maximum atomic E-state index is 2.64. The number of hydrogen-bond acceptors (Lipinski definition) is 0. The van der Waals surface area contributed by atoms with Gasteiger partial charge in [-0.15, -0.1) is 0 Å². The minimum absolute atomic E-state index is 0.822. The summed E-state index contributed by atoms with van der Waals surface area (Å²) in [7, 11) is 0. The first-order chi connectivity index (χ1) is 6.65. The Balaban J connectivity index is 1.70. The van der Waals surface area contributed by atoms with E-state index >= 15 is 0 Å². The van der Waals surface area contributed by atoms with Gasteiger partial charge in [-0.2, -0.15) is 0 Å². The Morgan fingerprint density at radius 2 is 1.57 bits per heavy atom. The van der Waals surface area contributed by atoms with Gasteiger partial charge in [0.2, 0.25) is 0 Å². The van der Waals surface area contributed by atoms with Crippen LogP contribution >= 0.6 is 0 Å². The van der Waals surface area contributed by atoms with Gasteiger partial charge in [-0.05, 0) is 59.7 Å². The molecule has 8 atom stereocenters. The fourth-order valence-corrected chi connectivity index (χ4v) is 6.78. The van der Waals surface area contributed by atoms with Gasteiger partial charge in [-0.1, -0.05) is 27.2 Å². The maximum absolute atomic E-state index is 2.64. The molecule has 4 aliphatic rings. The molecule has 0 nitrogen and oxygen atoms in total. The fourth-order valence-electron chi connectivity index (χ4n) is 6.78. The van der Waals surface area contributed by atoms with E-state index in [2.05, 4.69) is 20.8 Å². The quantitative estimate of drug-likeness (QED) is 0.548. The first kappa shape index (κ1) is 8.19. The van der Waals surface area contributed by atoms with Crippen molar-refractivity contribution in [3.63, 3.8) is 0 Å². The molecule has 0 heterocycles. The second kappa shape index (κ2) is 2.08. The van der Waals surface area contributed by atoms with E-state index in [0.29, 0.717) is 0 Å². The smallest absolute Gasteiger partial charge is 0.0225 e. The Bertz CT molecular complexity index is 294. The topological polar surface area (TPSA) is 0 Å². The molecule has 0 aromatic carbocycles. The predicted octanol–water partition coefficient (Wildman–Crippen LogP) is 3.57. The molecule has 8 unspecified atom stereocenters. The summed E-state index contributed by atoms with van der Waals surface area (Å²) >= 11 is 0. The van der Waals surface area contributed by atoms with Crippen molar-refractivity contribution in [2.24, 2.45) is 46.8 Å². The summed E-state index contributed by atoms with van der Waals surface area (Å²) in [6, 6.07) is 0. The molecular formula is C14H22. The van der Waals surface area contributed by atoms with Crippen LogP contribution in [0.4, 0.5) is 0 Å². The van der Waals surface area contributed by atoms with Gasteiger partial charge in [0, 0.05) is 0 Å². The molecule has 0 aromatic heterocycles. The van der Waals surface area contributed by atoms with Crippen molar-refractivity contribution in [1.29, 1.82) is 0 Å². The van der Waals surface area contributed by atoms with E-state index in [1.54, 1.807) is 12.8 Å². The van der Waals surface area contributed by atoms with E-state index in [-0.39, 0.29) is 0 Å². The average molecular weight is 190 g/mol. The average Bonchev–Trinajstić information content (AvgIpc) is 2.42. The standard InChI is InChI=1S/C14H22/c1-7-4-5-9-11(7)14(3)12-8(2)6-10(12)13(9)14/h7-13H,4-6H2,1-3H3. The SMILES string of the molecule is CC1CCC2C1C1(C)C3C(C)CC3C21. The molecule has 4 rings (SSSR count). The molecule has 0 aromatic rings. The van der Waals surface area contributed by atoms with Crippen molar-refractivity contribution in [2.45, 2.75) is 40.0 Å². The zero-order valence-electron chi connectivity index (χ0n) is 9.66. The van der Waals surface area contributed by atoms with Gasteiger partial charge >= 0.3 is 0 Å². The summed E-state index contributed by atoms with van der Waals surface area (Å²) in [6.07, 6.45) is 4.68. The van der Waals surface area contributed by atoms with E-state index in [9.17, 15) is 0 Å². The normalized spacial score (nSPS) is 73.5. The molecule has 4 fully saturated rings. The van der Waals surface area contributed by atoms with Crippen LogP contribution in [0.1, 0.15) is 40.0 Å². The summed E-state index contributed by atoms with van der Waals surface area (Å²) in [4.78, 5) is 0. The molecule has 0 N–H and O–H groups in total. The molecule has 14 heavy (non-hydrogen) atoms. The zero-order chi connectivity index (χ0) is 9.66. The van der Waals surface area contributed by atoms with Crippen molar-refractivity contribution < 1.29 is 0 Å². The molecule has 0 radical (unpaired) electrons. The highest BCUT2D eigenvalue weighted by molar-refractivity contribution is 5.26. The summed E-state index contributed by atoms with van der Waals surface area (Å²) in [5, 5.41) is 0. The summed E-state index contributed by atoms with van der Waals surface area (Å²) < 4.78 is 0. The van der Waals surface area contributed by atoms with Crippen molar-refractivity contribution in [1.82, 2.24) is 0 Å². The van der Waals surface area contributed by atoms with E-state index in [0.717, 1.165) is 29.1 Å². The lowest BCUT2D eigenvalue weighted by Crippen LogP contribution is -2.76. The molecular weight excluding hydrogens is 168 g/mol. The van der Waals surface area contributed by atoms with Crippen LogP contribution in [-0.2, 0) is 0 Å². The third-order valence-electron chi connectivity index (χ3n) is 6.83. The van der Waals surface area contributed by atoms with Crippen LogP contribution in [0.3, 0.4) is 0 Å².